The highest BCUT2D eigenvalue weighted by Crippen LogP contribution is 2.23. The quantitative estimate of drug-likeness (QED) is 0.805. The number of benzene rings is 2. The van der Waals surface area contributed by atoms with Crippen LogP contribution in [0.1, 0.15) is 18.5 Å². The lowest BCUT2D eigenvalue weighted by Crippen LogP contribution is -2.06. The molecule has 0 spiro atoms. The van der Waals surface area contributed by atoms with Gasteiger partial charge in [0.2, 0.25) is 0 Å². The smallest absolute Gasteiger partial charge is 0.142 e. The maximum atomic E-state index is 13.4. The van der Waals surface area contributed by atoms with E-state index in [0.29, 0.717) is 5.02 Å². The van der Waals surface area contributed by atoms with Crippen molar-refractivity contribution >= 4 is 28.9 Å². The largest absolute Gasteiger partial charge is 0.379 e. The molecule has 0 aliphatic carbocycles. The van der Waals surface area contributed by atoms with E-state index >= 15 is 0 Å². The lowest BCUT2D eigenvalue weighted by Gasteiger charge is -2.16. The van der Waals surface area contributed by atoms with Crippen LogP contribution in [0.4, 0.5) is 10.1 Å². The minimum atomic E-state index is -0.404. The van der Waals surface area contributed by atoms with Gasteiger partial charge in [-0.15, -0.1) is 0 Å². The van der Waals surface area contributed by atoms with Crippen molar-refractivity contribution in [2.24, 2.45) is 0 Å². The van der Waals surface area contributed by atoms with Gasteiger partial charge in [-0.3, -0.25) is 0 Å². The molecule has 0 aliphatic heterocycles. The van der Waals surface area contributed by atoms with Crippen molar-refractivity contribution in [3.63, 3.8) is 0 Å². The first-order chi connectivity index (χ1) is 8.56. The molecule has 0 bridgehead atoms. The van der Waals surface area contributed by atoms with E-state index < -0.39 is 5.82 Å². The zero-order valence-corrected chi connectivity index (χ0v) is 11.3. The Balaban J connectivity index is 2.13. The van der Waals surface area contributed by atoms with Crippen LogP contribution in [0.15, 0.2) is 42.5 Å². The Morgan fingerprint density at radius 1 is 1.06 bits per heavy atom. The standard InChI is InChI=1S/C14H12Cl2FN/c1-9(10-2-7-13(16)14(17)8-10)18-12-5-3-11(15)4-6-12/h2-9,18H,1H3. The third kappa shape index (κ3) is 3.15. The number of anilines is 1. The summed E-state index contributed by atoms with van der Waals surface area (Å²) in [5, 5.41) is 4.09. The first-order valence-corrected chi connectivity index (χ1v) is 6.29. The van der Waals surface area contributed by atoms with Gasteiger partial charge in [-0.05, 0) is 48.9 Å². The zero-order valence-electron chi connectivity index (χ0n) is 9.75. The van der Waals surface area contributed by atoms with E-state index in [1.165, 1.54) is 6.07 Å². The van der Waals surface area contributed by atoms with Gasteiger partial charge in [-0.1, -0.05) is 29.3 Å². The topological polar surface area (TPSA) is 12.0 Å². The Morgan fingerprint density at radius 3 is 2.33 bits per heavy atom. The van der Waals surface area contributed by atoms with Crippen LogP contribution in [0.3, 0.4) is 0 Å². The van der Waals surface area contributed by atoms with Gasteiger partial charge in [0.1, 0.15) is 5.82 Å². The second kappa shape index (κ2) is 5.59. The Bertz CT molecular complexity index is 540. The molecule has 0 aliphatic rings. The molecule has 1 N–H and O–H groups in total. The van der Waals surface area contributed by atoms with E-state index in [0.717, 1.165) is 11.3 Å². The van der Waals surface area contributed by atoms with Crippen LogP contribution in [0, 0.1) is 5.82 Å². The number of nitrogens with one attached hydrogen (secondary N) is 1. The van der Waals surface area contributed by atoms with Crippen LogP contribution in [-0.2, 0) is 0 Å². The monoisotopic (exact) mass is 283 g/mol. The zero-order chi connectivity index (χ0) is 13.1. The van der Waals surface area contributed by atoms with Crippen molar-refractivity contribution in [2.45, 2.75) is 13.0 Å². The van der Waals surface area contributed by atoms with Gasteiger partial charge < -0.3 is 5.32 Å². The molecule has 0 heterocycles. The molecule has 0 saturated heterocycles. The predicted octanol–water partition coefficient (Wildman–Crippen LogP) is 5.31. The molecule has 1 unspecified atom stereocenters. The van der Waals surface area contributed by atoms with Crippen molar-refractivity contribution < 1.29 is 4.39 Å². The minimum Gasteiger partial charge on any atom is -0.379 e. The summed E-state index contributed by atoms with van der Waals surface area (Å²) in [6, 6.07) is 12.2. The summed E-state index contributed by atoms with van der Waals surface area (Å²) in [5.41, 5.74) is 1.77. The molecule has 1 atom stereocenters. The summed E-state index contributed by atoms with van der Waals surface area (Å²) >= 11 is 11.5. The normalized spacial score (nSPS) is 12.2. The van der Waals surface area contributed by atoms with E-state index in [1.54, 1.807) is 24.3 Å². The highest BCUT2D eigenvalue weighted by molar-refractivity contribution is 6.31. The van der Waals surface area contributed by atoms with Crippen molar-refractivity contribution in [3.8, 4) is 0 Å². The summed E-state index contributed by atoms with van der Waals surface area (Å²) in [5.74, 6) is -0.404. The van der Waals surface area contributed by atoms with Crippen LogP contribution < -0.4 is 5.32 Å². The number of hydrogen-bond donors (Lipinski definition) is 1. The number of rotatable bonds is 3. The molecule has 18 heavy (non-hydrogen) atoms. The first kappa shape index (κ1) is 13.2. The van der Waals surface area contributed by atoms with Gasteiger partial charge in [0.15, 0.2) is 0 Å². The predicted molar refractivity (Wildman–Crippen MR) is 74.9 cm³/mol. The molecule has 0 aromatic heterocycles. The number of hydrogen-bond acceptors (Lipinski definition) is 1. The SMILES string of the molecule is CC(Nc1ccc(Cl)cc1)c1ccc(Cl)c(F)c1. The van der Waals surface area contributed by atoms with E-state index in [1.807, 2.05) is 19.1 Å². The molecule has 2 aromatic rings. The Kier molecular flexibility index (Phi) is 4.10. The molecule has 2 rings (SSSR count). The van der Waals surface area contributed by atoms with Crippen molar-refractivity contribution in [3.05, 3.63) is 63.9 Å². The van der Waals surface area contributed by atoms with E-state index in [9.17, 15) is 4.39 Å². The summed E-state index contributed by atoms with van der Waals surface area (Å²) in [7, 11) is 0. The van der Waals surface area contributed by atoms with Crippen LogP contribution in [0.2, 0.25) is 10.0 Å². The average molecular weight is 284 g/mol. The number of halogens is 3. The van der Waals surface area contributed by atoms with Gasteiger partial charge in [0, 0.05) is 16.8 Å². The van der Waals surface area contributed by atoms with Crippen LogP contribution in [0.5, 0.6) is 0 Å². The van der Waals surface area contributed by atoms with E-state index in [2.05, 4.69) is 5.32 Å². The maximum absolute atomic E-state index is 13.4. The van der Waals surface area contributed by atoms with Crippen LogP contribution in [-0.4, -0.2) is 0 Å². The second-order valence-electron chi connectivity index (χ2n) is 4.05. The van der Waals surface area contributed by atoms with Crippen LogP contribution in [0.25, 0.3) is 0 Å². The van der Waals surface area contributed by atoms with Crippen molar-refractivity contribution in [1.82, 2.24) is 0 Å². The summed E-state index contributed by atoms with van der Waals surface area (Å²) in [6.45, 7) is 1.96. The van der Waals surface area contributed by atoms with E-state index in [-0.39, 0.29) is 11.1 Å². The molecule has 0 radical (unpaired) electrons. The van der Waals surface area contributed by atoms with Gasteiger partial charge in [-0.2, -0.15) is 0 Å². The molecule has 1 nitrogen and oxygen atoms in total. The highest BCUT2D eigenvalue weighted by atomic mass is 35.5. The molecule has 0 fully saturated rings. The van der Waals surface area contributed by atoms with Crippen molar-refractivity contribution in [2.75, 3.05) is 5.32 Å². The van der Waals surface area contributed by atoms with Gasteiger partial charge in [0.05, 0.1) is 5.02 Å². The van der Waals surface area contributed by atoms with E-state index in [4.69, 9.17) is 23.2 Å². The van der Waals surface area contributed by atoms with Gasteiger partial charge >= 0.3 is 0 Å². The summed E-state index contributed by atoms with van der Waals surface area (Å²) in [6.07, 6.45) is 0. The summed E-state index contributed by atoms with van der Waals surface area (Å²) in [4.78, 5) is 0. The molecular weight excluding hydrogens is 272 g/mol. The Hall–Kier alpha value is -1.25. The first-order valence-electron chi connectivity index (χ1n) is 5.53. The maximum Gasteiger partial charge on any atom is 0.142 e. The fraction of sp³-hybridized carbons (Fsp3) is 0.143. The molecule has 2 aromatic carbocycles. The summed E-state index contributed by atoms with van der Waals surface area (Å²) < 4.78 is 13.4. The minimum absolute atomic E-state index is 0.0158. The average Bonchev–Trinajstić information content (AvgIpc) is 2.35. The Morgan fingerprint density at radius 2 is 1.72 bits per heavy atom. The fourth-order valence-corrected chi connectivity index (χ4v) is 1.90. The van der Waals surface area contributed by atoms with Crippen LogP contribution >= 0.6 is 23.2 Å². The highest BCUT2D eigenvalue weighted by Gasteiger charge is 2.08. The van der Waals surface area contributed by atoms with Crippen molar-refractivity contribution in [1.29, 1.82) is 0 Å². The molecular formula is C14H12Cl2FN. The fourth-order valence-electron chi connectivity index (χ4n) is 1.66. The second-order valence-corrected chi connectivity index (χ2v) is 4.89. The Labute approximate surface area is 116 Å². The third-order valence-electron chi connectivity index (χ3n) is 2.67. The molecule has 4 heteroatoms. The lowest BCUT2D eigenvalue weighted by atomic mass is 10.1. The molecule has 0 amide bonds. The molecule has 94 valence electrons. The van der Waals surface area contributed by atoms with Gasteiger partial charge in [-0.25, -0.2) is 4.39 Å². The lowest BCUT2D eigenvalue weighted by molar-refractivity contribution is 0.624. The molecule has 0 saturated carbocycles. The van der Waals surface area contributed by atoms with Gasteiger partial charge in [0.25, 0.3) is 0 Å². The third-order valence-corrected chi connectivity index (χ3v) is 3.23.